The molecule has 2 aromatic heterocycles. The van der Waals surface area contributed by atoms with Crippen molar-refractivity contribution in [1.82, 2.24) is 15.1 Å². The summed E-state index contributed by atoms with van der Waals surface area (Å²) in [5.41, 5.74) is 5.14. The van der Waals surface area contributed by atoms with Crippen LogP contribution in [-0.2, 0) is 13.1 Å². The SMILES string of the molecule is Cc1cc(C)n(Cc2cccc(CNC(=O)c3ccccc3NC(=O)c3cccs3)c2)n1. The number of para-hydroxylation sites is 1. The Hall–Kier alpha value is -3.71. The maximum absolute atomic E-state index is 12.9. The summed E-state index contributed by atoms with van der Waals surface area (Å²) in [5.74, 6) is -0.465. The zero-order valence-corrected chi connectivity index (χ0v) is 18.8. The fourth-order valence-electron chi connectivity index (χ4n) is 3.51. The van der Waals surface area contributed by atoms with E-state index in [0.717, 1.165) is 22.5 Å². The molecule has 0 aliphatic heterocycles. The van der Waals surface area contributed by atoms with Gasteiger partial charge in [-0.2, -0.15) is 5.10 Å². The van der Waals surface area contributed by atoms with Gasteiger partial charge in [-0.1, -0.05) is 42.5 Å². The van der Waals surface area contributed by atoms with E-state index in [9.17, 15) is 9.59 Å². The Bertz CT molecular complexity index is 1240. The molecule has 0 unspecified atom stereocenters. The number of carbonyl (C=O) groups is 2. The van der Waals surface area contributed by atoms with Crippen molar-refractivity contribution < 1.29 is 9.59 Å². The van der Waals surface area contributed by atoms with Gasteiger partial charge >= 0.3 is 0 Å². The number of aryl methyl sites for hydroxylation is 2. The van der Waals surface area contributed by atoms with Crippen molar-refractivity contribution in [2.45, 2.75) is 26.9 Å². The molecule has 2 N–H and O–H groups in total. The maximum atomic E-state index is 12.9. The van der Waals surface area contributed by atoms with Gasteiger partial charge in [0.2, 0.25) is 0 Å². The Morgan fingerprint density at radius 1 is 0.938 bits per heavy atom. The monoisotopic (exact) mass is 444 g/mol. The van der Waals surface area contributed by atoms with Gasteiger partial charge in [0.25, 0.3) is 11.8 Å². The van der Waals surface area contributed by atoms with Crippen LogP contribution in [0.15, 0.2) is 72.1 Å². The van der Waals surface area contributed by atoms with Crippen molar-refractivity contribution in [3.05, 3.63) is 105 Å². The number of anilines is 1. The summed E-state index contributed by atoms with van der Waals surface area (Å²) in [6.45, 7) is 5.09. The smallest absolute Gasteiger partial charge is 0.265 e. The molecule has 0 atom stereocenters. The van der Waals surface area contributed by atoms with E-state index >= 15 is 0 Å². The zero-order valence-electron chi connectivity index (χ0n) is 18.0. The Morgan fingerprint density at radius 2 is 1.75 bits per heavy atom. The molecule has 0 radical (unpaired) electrons. The van der Waals surface area contributed by atoms with Gasteiger partial charge in [0.1, 0.15) is 0 Å². The predicted octanol–water partition coefficient (Wildman–Crippen LogP) is 4.79. The average Bonchev–Trinajstić information content (AvgIpc) is 3.43. The van der Waals surface area contributed by atoms with Crippen LogP contribution < -0.4 is 10.6 Å². The number of carbonyl (C=O) groups excluding carboxylic acids is 2. The highest BCUT2D eigenvalue weighted by atomic mass is 32.1. The minimum Gasteiger partial charge on any atom is -0.348 e. The number of hydrogen-bond donors (Lipinski definition) is 2. The number of benzene rings is 2. The Balaban J connectivity index is 1.42. The van der Waals surface area contributed by atoms with E-state index in [0.29, 0.717) is 29.2 Å². The quantitative estimate of drug-likeness (QED) is 0.430. The van der Waals surface area contributed by atoms with Crippen LogP contribution in [-0.4, -0.2) is 21.6 Å². The summed E-state index contributed by atoms with van der Waals surface area (Å²) in [4.78, 5) is 25.9. The second-order valence-electron chi connectivity index (χ2n) is 7.56. The van der Waals surface area contributed by atoms with Gasteiger partial charge < -0.3 is 10.6 Å². The van der Waals surface area contributed by atoms with Gasteiger partial charge in [0.05, 0.1) is 28.4 Å². The lowest BCUT2D eigenvalue weighted by Gasteiger charge is -2.12. The molecule has 4 aromatic rings. The Kier molecular flexibility index (Phi) is 6.47. The summed E-state index contributed by atoms with van der Waals surface area (Å²) < 4.78 is 1.97. The molecular weight excluding hydrogens is 420 g/mol. The lowest BCUT2D eigenvalue weighted by Crippen LogP contribution is -2.24. The molecule has 0 saturated carbocycles. The minimum atomic E-state index is -0.240. The van der Waals surface area contributed by atoms with Crippen LogP contribution >= 0.6 is 11.3 Å². The van der Waals surface area contributed by atoms with E-state index in [4.69, 9.17) is 0 Å². The Morgan fingerprint density at radius 3 is 2.50 bits per heavy atom. The maximum Gasteiger partial charge on any atom is 0.265 e. The third-order valence-corrected chi connectivity index (χ3v) is 5.91. The predicted molar refractivity (Wildman–Crippen MR) is 127 cm³/mol. The lowest BCUT2D eigenvalue weighted by atomic mass is 10.1. The zero-order chi connectivity index (χ0) is 22.5. The summed E-state index contributed by atoms with van der Waals surface area (Å²) in [6.07, 6.45) is 0. The van der Waals surface area contributed by atoms with Crippen LogP contribution in [0.1, 0.15) is 42.5 Å². The van der Waals surface area contributed by atoms with Crippen LogP contribution in [0.5, 0.6) is 0 Å². The molecule has 0 spiro atoms. The second-order valence-corrected chi connectivity index (χ2v) is 8.51. The van der Waals surface area contributed by atoms with Gasteiger partial charge in [-0.25, -0.2) is 0 Å². The molecule has 7 heteroatoms. The van der Waals surface area contributed by atoms with E-state index in [1.807, 2.05) is 42.1 Å². The number of nitrogens with one attached hydrogen (secondary N) is 2. The fourth-order valence-corrected chi connectivity index (χ4v) is 4.12. The molecule has 0 fully saturated rings. The number of amides is 2. The van der Waals surface area contributed by atoms with Crippen molar-refractivity contribution in [3.63, 3.8) is 0 Å². The molecule has 2 heterocycles. The van der Waals surface area contributed by atoms with E-state index in [1.165, 1.54) is 11.3 Å². The number of rotatable bonds is 7. The molecule has 0 saturated heterocycles. The number of aromatic nitrogens is 2. The van der Waals surface area contributed by atoms with Gasteiger partial charge in [0, 0.05) is 12.2 Å². The first-order chi connectivity index (χ1) is 15.5. The first kappa shape index (κ1) is 21.5. The van der Waals surface area contributed by atoms with Crippen LogP contribution in [0, 0.1) is 13.8 Å². The molecular formula is C25H24N4O2S. The fraction of sp³-hybridized carbons (Fsp3) is 0.160. The molecule has 0 bridgehead atoms. The number of hydrogen-bond acceptors (Lipinski definition) is 4. The molecule has 2 amide bonds. The number of nitrogens with zero attached hydrogens (tertiary/aromatic N) is 2. The third-order valence-electron chi connectivity index (χ3n) is 5.05. The largest absolute Gasteiger partial charge is 0.348 e. The Labute approximate surface area is 190 Å². The molecule has 6 nitrogen and oxygen atoms in total. The summed E-state index contributed by atoms with van der Waals surface area (Å²) >= 11 is 1.36. The van der Waals surface area contributed by atoms with E-state index < -0.39 is 0 Å². The van der Waals surface area contributed by atoms with E-state index in [1.54, 1.807) is 30.3 Å². The third kappa shape index (κ3) is 5.12. The topological polar surface area (TPSA) is 76.0 Å². The molecule has 2 aromatic carbocycles. The van der Waals surface area contributed by atoms with Gasteiger partial charge in [-0.05, 0) is 54.6 Å². The molecule has 162 valence electrons. The molecule has 4 rings (SSSR count). The van der Waals surface area contributed by atoms with Crippen LogP contribution in [0.4, 0.5) is 5.69 Å². The van der Waals surface area contributed by atoms with Crippen LogP contribution in [0.3, 0.4) is 0 Å². The standard InChI is InChI=1S/C25H24N4O2S/c1-17-13-18(2)29(28-17)16-20-8-5-7-19(14-20)15-26-24(30)21-9-3-4-10-22(21)27-25(31)23-11-6-12-32-23/h3-14H,15-16H2,1-2H3,(H,26,30)(H,27,31). The summed E-state index contributed by atoms with van der Waals surface area (Å²) in [5, 5.41) is 12.2. The highest BCUT2D eigenvalue weighted by molar-refractivity contribution is 7.12. The number of thiophene rings is 1. The van der Waals surface area contributed by atoms with Gasteiger partial charge in [0.15, 0.2) is 0 Å². The lowest BCUT2D eigenvalue weighted by molar-refractivity contribution is 0.0951. The second kappa shape index (κ2) is 9.62. The first-order valence-electron chi connectivity index (χ1n) is 10.3. The molecule has 0 aliphatic rings. The highest BCUT2D eigenvalue weighted by Crippen LogP contribution is 2.18. The molecule has 32 heavy (non-hydrogen) atoms. The van der Waals surface area contributed by atoms with Crippen LogP contribution in [0.25, 0.3) is 0 Å². The van der Waals surface area contributed by atoms with Crippen LogP contribution in [0.2, 0.25) is 0 Å². The highest BCUT2D eigenvalue weighted by Gasteiger charge is 2.14. The van der Waals surface area contributed by atoms with Crippen molar-refractivity contribution in [2.75, 3.05) is 5.32 Å². The summed E-state index contributed by atoms with van der Waals surface area (Å²) in [6, 6.07) is 20.7. The van der Waals surface area contributed by atoms with Crippen molar-refractivity contribution in [3.8, 4) is 0 Å². The van der Waals surface area contributed by atoms with Crippen molar-refractivity contribution in [1.29, 1.82) is 0 Å². The summed E-state index contributed by atoms with van der Waals surface area (Å²) in [7, 11) is 0. The average molecular weight is 445 g/mol. The van der Waals surface area contributed by atoms with Crippen molar-refractivity contribution >= 4 is 28.8 Å². The van der Waals surface area contributed by atoms with E-state index in [-0.39, 0.29) is 11.8 Å². The van der Waals surface area contributed by atoms with E-state index in [2.05, 4.69) is 33.9 Å². The van der Waals surface area contributed by atoms with Crippen molar-refractivity contribution in [2.24, 2.45) is 0 Å². The normalized spacial score (nSPS) is 10.7. The van der Waals surface area contributed by atoms with Gasteiger partial charge in [-0.3, -0.25) is 14.3 Å². The minimum absolute atomic E-state index is 0.225. The van der Waals surface area contributed by atoms with Gasteiger partial charge in [-0.15, -0.1) is 11.3 Å². The molecule has 0 aliphatic carbocycles. The first-order valence-corrected chi connectivity index (χ1v) is 11.2.